The van der Waals surface area contributed by atoms with Crippen LogP contribution in [0, 0.1) is 0 Å². The number of thiol groups is 1. The van der Waals surface area contributed by atoms with Gasteiger partial charge in [-0.2, -0.15) is 0 Å². The Morgan fingerprint density at radius 3 is 3.09 bits per heavy atom. The summed E-state index contributed by atoms with van der Waals surface area (Å²) >= 11 is 3.66. The average Bonchev–Trinajstić information content (AvgIpc) is 2.40. The summed E-state index contributed by atoms with van der Waals surface area (Å²) in [7, 11) is 0. The molecule has 0 amide bonds. The first-order valence-electron chi connectivity index (χ1n) is 3.07. The van der Waals surface area contributed by atoms with Crippen LogP contribution in [0.25, 0.3) is 11.1 Å². The normalized spacial score (nSPS) is 10.6. The van der Waals surface area contributed by atoms with Crippen LogP contribution in [0.5, 0.6) is 0 Å². The molecule has 0 atom stereocenters. The molecule has 0 aliphatic rings. The number of carbonyl (C=O) groups excluding carboxylic acids is 1. The van der Waals surface area contributed by atoms with Gasteiger partial charge in [-0.25, -0.2) is 0 Å². The van der Waals surface area contributed by atoms with Gasteiger partial charge in [-0.15, -0.1) is 0 Å². The van der Waals surface area contributed by atoms with Crippen LogP contribution < -0.4 is 0 Å². The number of fused-ring (bicyclic) bond motifs is 1. The molecule has 0 aromatic carbocycles. The molecule has 0 unspecified atom stereocenters. The van der Waals surface area contributed by atoms with Crippen molar-refractivity contribution in [2.75, 3.05) is 0 Å². The second-order valence-corrected chi connectivity index (χ2v) is 2.59. The van der Waals surface area contributed by atoms with E-state index in [0.717, 1.165) is 5.52 Å². The van der Waals surface area contributed by atoms with Crippen LogP contribution in [0.1, 0.15) is 10.5 Å². The lowest BCUT2D eigenvalue weighted by Crippen LogP contribution is -1.86. The predicted molar refractivity (Wildman–Crippen MR) is 43.9 cm³/mol. The Morgan fingerprint density at radius 1 is 1.64 bits per heavy atom. The monoisotopic (exact) mass is 167 g/mol. The van der Waals surface area contributed by atoms with Crippen molar-refractivity contribution in [3.63, 3.8) is 0 Å². The first-order chi connectivity index (χ1) is 5.27. The number of hydrogen-bond donors (Lipinski definition) is 2. The lowest BCUT2D eigenvalue weighted by atomic mass is 10.4. The highest BCUT2D eigenvalue weighted by atomic mass is 32.1. The maximum absolute atomic E-state index is 10.7. The lowest BCUT2D eigenvalue weighted by Gasteiger charge is -1.82. The van der Waals surface area contributed by atoms with Gasteiger partial charge in [0.25, 0.3) is 0 Å². The molecule has 2 heterocycles. The number of hydrogen-bond acceptors (Lipinski definition) is 2. The highest BCUT2D eigenvalue weighted by Gasteiger charge is 2.06. The molecule has 0 radical (unpaired) electrons. The van der Waals surface area contributed by atoms with Gasteiger partial charge in [-0.1, -0.05) is 12.6 Å². The molecule has 0 bridgehead atoms. The minimum atomic E-state index is -0.281. The highest BCUT2D eigenvalue weighted by molar-refractivity contribution is 7.97. The van der Waals surface area contributed by atoms with E-state index < -0.39 is 0 Å². The Kier molecular flexibility index (Phi) is 1.29. The molecular formula is C7H5NO2S. The smallest absolute Gasteiger partial charge is 0.232 e. The third-order valence-electron chi connectivity index (χ3n) is 1.47. The van der Waals surface area contributed by atoms with Gasteiger partial charge in [0.05, 0.1) is 17.5 Å². The molecule has 0 spiro atoms. The largest absolute Gasteiger partial charge is 0.463 e. The predicted octanol–water partition coefficient (Wildman–Crippen LogP) is 1.83. The minimum Gasteiger partial charge on any atom is -0.463 e. The number of furan rings is 1. The molecule has 2 aromatic rings. The molecule has 0 fully saturated rings. The molecule has 1 N–H and O–H groups in total. The standard InChI is InChI=1S/C7H5NO2S/c9-7(11)5-3-6-4(8-5)1-2-10-6/h1-3,8H,(H,9,11). The maximum atomic E-state index is 10.7. The maximum Gasteiger partial charge on any atom is 0.232 e. The van der Waals surface area contributed by atoms with Crippen LogP contribution in [-0.4, -0.2) is 10.1 Å². The van der Waals surface area contributed by atoms with E-state index in [0.29, 0.717) is 11.3 Å². The molecule has 0 saturated heterocycles. The third kappa shape index (κ3) is 0.952. The number of rotatable bonds is 1. The van der Waals surface area contributed by atoms with Crippen LogP contribution in [0.3, 0.4) is 0 Å². The molecule has 3 nitrogen and oxygen atoms in total. The van der Waals surface area contributed by atoms with Gasteiger partial charge in [-0.3, -0.25) is 4.79 Å². The van der Waals surface area contributed by atoms with Crippen molar-refractivity contribution in [1.29, 1.82) is 0 Å². The molecular weight excluding hydrogens is 162 g/mol. The summed E-state index contributed by atoms with van der Waals surface area (Å²) in [5, 5.41) is -0.281. The van der Waals surface area contributed by atoms with Crippen molar-refractivity contribution in [2.45, 2.75) is 0 Å². The van der Waals surface area contributed by atoms with Gasteiger partial charge >= 0.3 is 0 Å². The van der Waals surface area contributed by atoms with E-state index in [1.165, 1.54) is 0 Å². The van der Waals surface area contributed by atoms with E-state index in [-0.39, 0.29) is 5.12 Å². The quantitative estimate of drug-likeness (QED) is 0.636. The number of H-pyrrole nitrogens is 1. The summed E-state index contributed by atoms with van der Waals surface area (Å²) in [6.07, 6.45) is 1.56. The van der Waals surface area contributed by atoms with E-state index >= 15 is 0 Å². The zero-order chi connectivity index (χ0) is 7.84. The fourth-order valence-corrected chi connectivity index (χ4v) is 1.08. The van der Waals surface area contributed by atoms with Crippen molar-refractivity contribution in [1.82, 2.24) is 4.98 Å². The number of nitrogens with one attached hydrogen (secondary N) is 1. The van der Waals surface area contributed by atoms with Crippen molar-refractivity contribution < 1.29 is 9.21 Å². The van der Waals surface area contributed by atoms with Crippen LogP contribution in [0.2, 0.25) is 0 Å². The Bertz CT molecular complexity index is 373. The summed E-state index contributed by atoms with van der Waals surface area (Å²) in [6, 6.07) is 3.39. The van der Waals surface area contributed by atoms with Gasteiger partial charge in [0.1, 0.15) is 0 Å². The Morgan fingerprint density at radius 2 is 2.45 bits per heavy atom. The molecule has 0 aliphatic heterocycles. The zero-order valence-electron chi connectivity index (χ0n) is 5.50. The molecule has 2 rings (SSSR count). The highest BCUT2D eigenvalue weighted by Crippen LogP contribution is 2.16. The van der Waals surface area contributed by atoms with Crippen LogP contribution in [0.4, 0.5) is 0 Å². The molecule has 2 aromatic heterocycles. The van der Waals surface area contributed by atoms with Gasteiger partial charge in [0.2, 0.25) is 5.12 Å². The summed E-state index contributed by atoms with van der Waals surface area (Å²) in [4.78, 5) is 13.6. The van der Waals surface area contributed by atoms with E-state index in [4.69, 9.17) is 4.42 Å². The topological polar surface area (TPSA) is 46.0 Å². The van der Waals surface area contributed by atoms with Gasteiger partial charge < -0.3 is 9.40 Å². The van der Waals surface area contributed by atoms with E-state index in [9.17, 15) is 4.79 Å². The fourth-order valence-electron chi connectivity index (χ4n) is 0.963. The second-order valence-electron chi connectivity index (χ2n) is 2.19. The second kappa shape index (κ2) is 2.17. The zero-order valence-corrected chi connectivity index (χ0v) is 6.39. The molecule has 11 heavy (non-hydrogen) atoms. The van der Waals surface area contributed by atoms with Crippen molar-refractivity contribution >= 4 is 28.8 Å². The number of aromatic nitrogens is 1. The van der Waals surface area contributed by atoms with Crippen LogP contribution in [-0.2, 0) is 0 Å². The first kappa shape index (κ1) is 6.54. The summed E-state index contributed by atoms with van der Waals surface area (Å²) in [5.41, 5.74) is 1.97. The SMILES string of the molecule is O=C(S)c1cc2occc2[nH]1. The molecule has 0 saturated carbocycles. The van der Waals surface area contributed by atoms with E-state index in [1.807, 2.05) is 0 Å². The Labute approximate surface area is 67.8 Å². The van der Waals surface area contributed by atoms with Crippen LogP contribution in [0.15, 0.2) is 22.8 Å². The average molecular weight is 167 g/mol. The van der Waals surface area contributed by atoms with Gasteiger partial charge in [0.15, 0.2) is 5.58 Å². The van der Waals surface area contributed by atoms with Crippen molar-refractivity contribution in [2.24, 2.45) is 0 Å². The minimum absolute atomic E-state index is 0.281. The summed E-state index contributed by atoms with van der Waals surface area (Å²) in [5.74, 6) is 0. The van der Waals surface area contributed by atoms with Gasteiger partial charge in [-0.05, 0) is 0 Å². The van der Waals surface area contributed by atoms with Crippen LogP contribution >= 0.6 is 12.6 Å². The Balaban J connectivity index is 2.67. The first-order valence-corrected chi connectivity index (χ1v) is 3.51. The lowest BCUT2D eigenvalue weighted by molar-refractivity contribution is 0.108. The summed E-state index contributed by atoms with van der Waals surface area (Å²) in [6.45, 7) is 0. The van der Waals surface area contributed by atoms with E-state index in [2.05, 4.69) is 17.6 Å². The number of aromatic amines is 1. The third-order valence-corrected chi connectivity index (χ3v) is 1.71. The molecule has 0 aliphatic carbocycles. The molecule has 56 valence electrons. The van der Waals surface area contributed by atoms with E-state index in [1.54, 1.807) is 18.4 Å². The van der Waals surface area contributed by atoms with Gasteiger partial charge in [0, 0.05) is 12.1 Å². The Hall–Kier alpha value is -1.16. The fraction of sp³-hybridized carbons (Fsp3) is 0. The molecule has 4 heteroatoms. The van der Waals surface area contributed by atoms with Crippen molar-refractivity contribution in [3.8, 4) is 0 Å². The summed E-state index contributed by atoms with van der Waals surface area (Å²) < 4.78 is 5.03. The van der Waals surface area contributed by atoms with Crippen molar-refractivity contribution in [3.05, 3.63) is 24.1 Å². The number of carbonyl (C=O) groups is 1.